The van der Waals surface area contributed by atoms with Gasteiger partial charge >= 0.3 is 0 Å². The summed E-state index contributed by atoms with van der Waals surface area (Å²) >= 11 is 0. The third-order valence-corrected chi connectivity index (χ3v) is 6.71. The number of carbonyl (C=O) groups excluding carboxylic acids is 1. The van der Waals surface area contributed by atoms with Crippen molar-refractivity contribution in [1.82, 2.24) is 0 Å². The second-order valence-electron chi connectivity index (χ2n) is 9.32. The fourth-order valence-electron chi connectivity index (χ4n) is 4.75. The highest BCUT2D eigenvalue weighted by Crippen LogP contribution is 2.29. The molecule has 1 N–H and O–H groups in total. The quantitative estimate of drug-likeness (QED) is 0.358. The van der Waals surface area contributed by atoms with Gasteiger partial charge in [-0.15, -0.1) is 0 Å². The van der Waals surface area contributed by atoms with Crippen LogP contribution < -0.4 is 10.4 Å². The lowest BCUT2D eigenvalue weighted by Gasteiger charge is -2.24. The van der Waals surface area contributed by atoms with Crippen LogP contribution in [0.15, 0.2) is 48.1 Å². The number of fused-ring (bicyclic) bond motifs is 2. The molecule has 0 amide bonds. The number of aliphatic hydroxyl groups is 1. The molecule has 0 aliphatic heterocycles. The van der Waals surface area contributed by atoms with Gasteiger partial charge in [0.25, 0.3) is 0 Å². The Bertz CT molecular complexity index is 905. The summed E-state index contributed by atoms with van der Waals surface area (Å²) in [5.41, 5.74) is 0.619. The van der Waals surface area contributed by atoms with Gasteiger partial charge in [-0.25, -0.2) is 0 Å². The number of rotatable bonds is 15. The molecule has 1 atom stereocenters. The molecule has 0 heterocycles. The number of carbonyl (C=O) groups is 1. The van der Waals surface area contributed by atoms with Crippen LogP contribution in [0.2, 0.25) is 0 Å². The average Bonchev–Trinajstić information content (AvgIpc) is 3.14. The summed E-state index contributed by atoms with van der Waals surface area (Å²) in [6, 6.07) is 8.20. The van der Waals surface area contributed by atoms with E-state index in [0.717, 1.165) is 29.2 Å². The van der Waals surface area contributed by atoms with Crippen molar-refractivity contribution in [2.24, 2.45) is 0 Å². The standard InChI is InChI=1S/C29H40O2/c1-2-3-4-5-6-7-8-9-10-11-12-13-14-19-28(30)29(31)21-20-27-25(23-29)22-24-17-15-16-18-26(24)27/h15-18,20-23,31H,2-14,19H2,1H3. The summed E-state index contributed by atoms with van der Waals surface area (Å²) in [6.07, 6.45) is 24.6. The summed E-state index contributed by atoms with van der Waals surface area (Å²) in [7, 11) is 0. The van der Waals surface area contributed by atoms with Crippen LogP contribution in [0.5, 0.6) is 0 Å². The first-order chi connectivity index (χ1) is 15.1. The summed E-state index contributed by atoms with van der Waals surface area (Å²) in [5, 5.41) is 13.2. The Kier molecular flexibility index (Phi) is 9.33. The molecule has 0 fully saturated rings. The zero-order valence-corrected chi connectivity index (χ0v) is 19.4. The maximum absolute atomic E-state index is 12.7. The molecule has 3 rings (SSSR count). The van der Waals surface area contributed by atoms with E-state index in [4.69, 9.17) is 0 Å². The maximum atomic E-state index is 12.7. The lowest BCUT2D eigenvalue weighted by atomic mass is 9.85. The molecule has 0 saturated heterocycles. The Morgan fingerprint density at radius 3 is 2.06 bits per heavy atom. The van der Waals surface area contributed by atoms with Gasteiger partial charge in [0, 0.05) is 6.42 Å². The van der Waals surface area contributed by atoms with E-state index in [1.54, 1.807) is 12.2 Å². The maximum Gasteiger partial charge on any atom is 0.172 e. The normalized spacial score (nSPS) is 19.0. The molecule has 168 valence electrons. The highest BCUT2D eigenvalue weighted by atomic mass is 16.3. The predicted molar refractivity (Wildman–Crippen MR) is 131 cm³/mol. The summed E-state index contributed by atoms with van der Waals surface area (Å²) in [5.74, 6) is -0.0808. The molecule has 0 spiro atoms. The fraction of sp³-hybridized carbons (Fsp3) is 0.552. The third kappa shape index (κ3) is 6.77. The van der Waals surface area contributed by atoms with Crippen molar-refractivity contribution in [3.05, 3.63) is 58.5 Å². The lowest BCUT2D eigenvalue weighted by Crippen LogP contribution is -2.36. The van der Waals surface area contributed by atoms with Gasteiger partial charge in [-0.3, -0.25) is 4.79 Å². The van der Waals surface area contributed by atoms with Gasteiger partial charge in [0.2, 0.25) is 0 Å². The Balaban J connectivity index is 1.29. The van der Waals surface area contributed by atoms with Crippen LogP contribution in [0.4, 0.5) is 0 Å². The Labute approximate surface area is 188 Å². The summed E-state index contributed by atoms with van der Waals surface area (Å²) in [6.45, 7) is 2.27. The van der Waals surface area contributed by atoms with Gasteiger partial charge in [0.15, 0.2) is 11.4 Å². The topological polar surface area (TPSA) is 37.3 Å². The molecule has 1 unspecified atom stereocenters. The molecular weight excluding hydrogens is 380 g/mol. The predicted octanol–water partition coefficient (Wildman–Crippen LogP) is 5.91. The highest BCUT2D eigenvalue weighted by Gasteiger charge is 2.33. The smallest absolute Gasteiger partial charge is 0.172 e. The van der Waals surface area contributed by atoms with Crippen molar-refractivity contribution >= 4 is 17.4 Å². The summed E-state index contributed by atoms with van der Waals surface area (Å²) in [4.78, 5) is 12.7. The molecule has 2 nitrogen and oxygen atoms in total. The monoisotopic (exact) mass is 420 g/mol. The minimum atomic E-state index is -1.45. The van der Waals surface area contributed by atoms with Crippen LogP contribution in [0.1, 0.15) is 96.8 Å². The van der Waals surface area contributed by atoms with E-state index in [1.807, 2.05) is 18.2 Å². The third-order valence-electron chi connectivity index (χ3n) is 6.71. The van der Waals surface area contributed by atoms with E-state index in [1.165, 1.54) is 75.8 Å². The number of hydrogen-bond acceptors (Lipinski definition) is 2. The minimum absolute atomic E-state index is 0.0808. The van der Waals surface area contributed by atoms with Crippen molar-refractivity contribution < 1.29 is 9.90 Å². The van der Waals surface area contributed by atoms with Gasteiger partial charge in [0.1, 0.15) is 0 Å². The molecule has 2 heteroatoms. The number of unbranched alkanes of at least 4 members (excludes halogenated alkanes) is 12. The number of benzene rings is 1. The van der Waals surface area contributed by atoms with E-state index >= 15 is 0 Å². The van der Waals surface area contributed by atoms with Crippen LogP contribution in [0.3, 0.4) is 0 Å². The van der Waals surface area contributed by atoms with E-state index in [2.05, 4.69) is 25.1 Å². The van der Waals surface area contributed by atoms with Crippen LogP contribution in [-0.4, -0.2) is 16.5 Å². The highest BCUT2D eigenvalue weighted by molar-refractivity contribution is 5.98. The van der Waals surface area contributed by atoms with Gasteiger partial charge < -0.3 is 5.11 Å². The first-order valence-electron chi connectivity index (χ1n) is 12.6. The Hall–Kier alpha value is -1.93. The molecule has 1 aromatic rings. The van der Waals surface area contributed by atoms with Gasteiger partial charge in [0.05, 0.1) is 0 Å². The van der Waals surface area contributed by atoms with Crippen molar-refractivity contribution in [2.45, 2.75) is 102 Å². The summed E-state index contributed by atoms with van der Waals surface area (Å²) < 4.78 is 0. The van der Waals surface area contributed by atoms with Gasteiger partial charge in [-0.1, -0.05) is 114 Å². The van der Waals surface area contributed by atoms with E-state index in [9.17, 15) is 9.90 Å². The Morgan fingerprint density at radius 1 is 0.839 bits per heavy atom. The SMILES string of the molecule is CCCCCCCCCCCCCCCC(=O)C1(O)C=CC2=c3ccccc3=CC2=C1. The van der Waals surface area contributed by atoms with Gasteiger partial charge in [-0.05, 0) is 46.2 Å². The number of ketones is 1. The van der Waals surface area contributed by atoms with E-state index in [0.29, 0.717) is 6.42 Å². The minimum Gasteiger partial charge on any atom is -0.374 e. The molecule has 1 aromatic carbocycles. The second-order valence-corrected chi connectivity index (χ2v) is 9.32. The zero-order chi connectivity index (χ0) is 21.9. The molecule has 0 saturated carbocycles. The van der Waals surface area contributed by atoms with E-state index in [-0.39, 0.29) is 5.78 Å². The van der Waals surface area contributed by atoms with Crippen molar-refractivity contribution in [3.8, 4) is 0 Å². The van der Waals surface area contributed by atoms with Crippen LogP contribution in [0, 0.1) is 0 Å². The zero-order valence-electron chi connectivity index (χ0n) is 19.4. The number of allylic oxidation sites excluding steroid dienone is 2. The largest absolute Gasteiger partial charge is 0.374 e. The molecule has 2 aliphatic rings. The first kappa shape index (κ1) is 23.7. The van der Waals surface area contributed by atoms with Gasteiger partial charge in [-0.2, -0.15) is 0 Å². The van der Waals surface area contributed by atoms with Crippen LogP contribution in [0.25, 0.3) is 11.6 Å². The Morgan fingerprint density at radius 2 is 1.42 bits per heavy atom. The van der Waals surface area contributed by atoms with Crippen molar-refractivity contribution in [1.29, 1.82) is 0 Å². The molecule has 0 aromatic heterocycles. The number of hydrogen-bond donors (Lipinski definition) is 1. The first-order valence-corrected chi connectivity index (χ1v) is 12.6. The lowest BCUT2D eigenvalue weighted by molar-refractivity contribution is -0.129. The van der Waals surface area contributed by atoms with Crippen LogP contribution >= 0.6 is 0 Å². The molecule has 31 heavy (non-hydrogen) atoms. The fourth-order valence-corrected chi connectivity index (χ4v) is 4.75. The van der Waals surface area contributed by atoms with Crippen LogP contribution in [-0.2, 0) is 4.79 Å². The molecule has 0 bridgehead atoms. The molecule has 2 aliphatic carbocycles. The molecular formula is C29H40O2. The van der Waals surface area contributed by atoms with Crippen molar-refractivity contribution in [2.75, 3.05) is 0 Å². The van der Waals surface area contributed by atoms with E-state index < -0.39 is 5.60 Å². The molecule has 0 radical (unpaired) electrons. The average molecular weight is 421 g/mol. The van der Waals surface area contributed by atoms with Crippen molar-refractivity contribution in [3.63, 3.8) is 0 Å². The second kappa shape index (κ2) is 12.2. The number of Topliss-reactive ketones (excluding diaryl/α,β-unsaturated/α-hetero) is 1.